The van der Waals surface area contributed by atoms with Crippen molar-refractivity contribution < 1.29 is 9.53 Å². The van der Waals surface area contributed by atoms with Crippen molar-refractivity contribution in [3.63, 3.8) is 0 Å². The fourth-order valence-electron chi connectivity index (χ4n) is 2.82. The van der Waals surface area contributed by atoms with Gasteiger partial charge in [0.1, 0.15) is 5.78 Å². The fourth-order valence-corrected chi connectivity index (χ4v) is 2.82. The van der Waals surface area contributed by atoms with E-state index in [9.17, 15) is 4.79 Å². The minimum absolute atomic E-state index is 0.0878. The number of carbonyl (C=O) groups is 1. The van der Waals surface area contributed by atoms with Crippen LogP contribution < -0.4 is 5.73 Å². The summed E-state index contributed by atoms with van der Waals surface area (Å²) in [6, 6.07) is 0. The minimum atomic E-state index is 0.0878. The van der Waals surface area contributed by atoms with E-state index in [1.54, 1.807) is 0 Å². The number of ketones is 1. The van der Waals surface area contributed by atoms with Crippen LogP contribution in [0, 0.1) is 11.8 Å². The molecule has 2 N–H and O–H groups in total. The van der Waals surface area contributed by atoms with Crippen LogP contribution in [-0.2, 0) is 9.53 Å². The average Bonchev–Trinajstić information content (AvgIpc) is 2.27. The largest absolute Gasteiger partial charge is 0.375 e. The molecule has 0 amide bonds. The van der Waals surface area contributed by atoms with E-state index < -0.39 is 0 Å². The highest BCUT2D eigenvalue weighted by Crippen LogP contribution is 2.44. The maximum atomic E-state index is 12.1. The van der Waals surface area contributed by atoms with Gasteiger partial charge in [-0.15, -0.1) is 0 Å². The van der Waals surface area contributed by atoms with E-state index in [0.717, 1.165) is 32.3 Å². The number of hydrogen-bond donors (Lipinski definition) is 1. The van der Waals surface area contributed by atoms with E-state index >= 15 is 0 Å². The summed E-state index contributed by atoms with van der Waals surface area (Å²) in [5.74, 6) is 0.975. The first-order valence-corrected chi connectivity index (χ1v) is 6.52. The maximum absolute atomic E-state index is 12.1. The van der Waals surface area contributed by atoms with E-state index in [4.69, 9.17) is 10.5 Å². The third-order valence-electron chi connectivity index (χ3n) is 4.17. The lowest BCUT2D eigenvalue weighted by Gasteiger charge is -2.47. The molecule has 2 unspecified atom stereocenters. The van der Waals surface area contributed by atoms with Gasteiger partial charge in [-0.25, -0.2) is 0 Å². The van der Waals surface area contributed by atoms with Gasteiger partial charge in [-0.1, -0.05) is 6.92 Å². The lowest BCUT2D eigenvalue weighted by molar-refractivity contribution is -0.156. The van der Waals surface area contributed by atoms with Crippen molar-refractivity contribution in [1.29, 1.82) is 0 Å². The zero-order valence-electron chi connectivity index (χ0n) is 10.2. The molecule has 2 rings (SSSR count). The zero-order chi connectivity index (χ0) is 11.6. The highest BCUT2D eigenvalue weighted by Gasteiger charge is 2.44. The molecule has 3 heteroatoms. The number of carbonyl (C=O) groups excluding carboxylic acids is 1. The zero-order valence-corrected chi connectivity index (χ0v) is 10.2. The molecule has 0 radical (unpaired) electrons. The molecule has 2 fully saturated rings. The van der Waals surface area contributed by atoms with Gasteiger partial charge in [-0.3, -0.25) is 4.79 Å². The molecule has 0 aromatic heterocycles. The number of ether oxygens (including phenoxy) is 1. The lowest BCUT2D eigenvalue weighted by Crippen LogP contribution is -2.47. The third-order valence-corrected chi connectivity index (χ3v) is 4.17. The standard InChI is InChI=1S/C13H23NO2/c1-10(9-14)7-12(15)11-3-6-16-13(8-11)4-2-5-13/h10-11H,2-9,14H2,1H3. The Morgan fingerprint density at radius 1 is 1.56 bits per heavy atom. The molecule has 2 atom stereocenters. The van der Waals surface area contributed by atoms with Gasteiger partial charge in [0.05, 0.1) is 5.60 Å². The second kappa shape index (κ2) is 4.84. The second-order valence-corrected chi connectivity index (χ2v) is 5.59. The van der Waals surface area contributed by atoms with Gasteiger partial charge in [0.25, 0.3) is 0 Å². The first-order valence-electron chi connectivity index (χ1n) is 6.52. The van der Waals surface area contributed by atoms with E-state index in [0.29, 0.717) is 24.7 Å². The van der Waals surface area contributed by atoms with Crippen molar-refractivity contribution in [2.45, 2.75) is 51.0 Å². The summed E-state index contributed by atoms with van der Waals surface area (Å²) in [7, 11) is 0. The van der Waals surface area contributed by atoms with Gasteiger partial charge in [-0.05, 0) is 44.6 Å². The van der Waals surface area contributed by atoms with E-state index in [1.165, 1.54) is 6.42 Å². The highest BCUT2D eigenvalue weighted by atomic mass is 16.5. The average molecular weight is 225 g/mol. The monoisotopic (exact) mass is 225 g/mol. The molecular formula is C13H23NO2. The maximum Gasteiger partial charge on any atom is 0.136 e. The van der Waals surface area contributed by atoms with Gasteiger partial charge in [0, 0.05) is 18.9 Å². The Bertz CT molecular complexity index is 261. The highest BCUT2D eigenvalue weighted by molar-refractivity contribution is 5.81. The quantitative estimate of drug-likeness (QED) is 0.795. The van der Waals surface area contributed by atoms with Crippen LogP contribution in [0.2, 0.25) is 0 Å². The third kappa shape index (κ3) is 2.46. The van der Waals surface area contributed by atoms with Gasteiger partial charge in [-0.2, -0.15) is 0 Å². The van der Waals surface area contributed by atoms with E-state index in [2.05, 4.69) is 6.92 Å². The lowest BCUT2D eigenvalue weighted by atomic mass is 9.70. The Labute approximate surface area is 97.7 Å². The number of Topliss-reactive ketones (excluding diaryl/α,β-unsaturated/α-hetero) is 1. The summed E-state index contributed by atoms with van der Waals surface area (Å²) < 4.78 is 5.84. The minimum Gasteiger partial charge on any atom is -0.375 e. The second-order valence-electron chi connectivity index (χ2n) is 5.59. The summed E-state index contributed by atoms with van der Waals surface area (Å²) in [6.45, 7) is 3.43. The van der Waals surface area contributed by atoms with Gasteiger partial charge in [0.2, 0.25) is 0 Å². The molecule has 1 aliphatic carbocycles. The Balaban J connectivity index is 1.86. The van der Waals surface area contributed by atoms with Crippen LogP contribution in [-0.4, -0.2) is 24.5 Å². The van der Waals surface area contributed by atoms with Crippen molar-refractivity contribution in [2.75, 3.05) is 13.2 Å². The van der Waals surface area contributed by atoms with Crippen LogP contribution in [0.1, 0.15) is 45.4 Å². The molecule has 3 nitrogen and oxygen atoms in total. The molecule has 1 aliphatic heterocycles. The molecule has 0 aromatic rings. The van der Waals surface area contributed by atoms with E-state index in [-0.39, 0.29) is 11.5 Å². The topological polar surface area (TPSA) is 52.3 Å². The Morgan fingerprint density at radius 2 is 2.31 bits per heavy atom. The molecule has 92 valence electrons. The van der Waals surface area contributed by atoms with Crippen LogP contribution in [0.3, 0.4) is 0 Å². The van der Waals surface area contributed by atoms with Crippen LogP contribution >= 0.6 is 0 Å². The first kappa shape index (κ1) is 12.1. The smallest absolute Gasteiger partial charge is 0.136 e. The van der Waals surface area contributed by atoms with E-state index in [1.807, 2.05) is 0 Å². The van der Waals surface area contributed by atoms with Crippen LogP contribution in [0.15, 0.2) is 0 Å². The number of nitrogens with two attached hydrogens (primary N) is 1. The van der Waals surface area contributed by atoms with Gasteiger partial charge in [0.15, 0.2) is 0 Å². The van der Waals surface area contributed by atoms with Crippen molar-refractivity contribution in [2.24, 2.45) is 17.6 Å². The Hall–Kier alpha value is -0.410. The summed E-state index contributed by atoms with van der Waals surface area (Å²) in [6.07, 6.45) is 6.10. The van der Waals surface area contributed by atoms with Crippen LogP contribution in [0.5, 0.6) is 0 Å². The Morgan fingerprint density at radius 3 is 2.88 bits per heavy atom. The summed E-state index contributed by atoms with van der Waals surface area (Å²) in [4.78, 5) is 12.1. The SMILES string of the molecule is CC(CN)CC(=O)C1CCOC2(CCC2)C1. The predicted octanol–water partition coefficient (Wildman–Crippen LogP) is 1.89. The molecule has 0 bridgehead atoms. The van der Waals surface area contributed by atoms with Crippen LogP contribution in [0.25, 0.3) is 0 Å². The van der Waals surface area contributed by atoms with Crippen LogP contribution in [0.4, 0.5) is 0 Å². The first-order chi connectivity index (χ1) is 7.65. The van der Waals surface area contributed by atoms with Gasteiger partial charge >= 0.3 is 0 Å². The Kier molecular flexibility index (Phi) is 3.65. The number of rotatable bonds is 4. The summed E-state index contributed by atoms with van der Waals surface area (Å²) >= 11 is 0. The summed E-state index contributed by atoms with van der Waals surface area (Å²) in [5, 5.41) is 0. The molecule has 1 saturated heterocycles. The van der Waals surface area contributed by atoms with Crippen molar-refractivity contribution in [1.82, 2.24) is 0 Å². The molecule has 1 saturated carbocycles. The molecule has 1 heterocycles. The molecule has 16 heavy (non-hydrogen) atoms. The normalized spacial score (nSPS) is 29.8. The molecule has 2 aliphatic rings. The predicted molar refractivity (Wildman–Crippen MR) is 63.1 cm³/mol. The molecular weight excluding hydrogens is 202 g/mol. The van der Waals surface area contributed by atoms with Crippen molar-refractivity contribution >= 4 is 5.78 Å². The fraction of sp³-hybridized carbons (Fsp3) is 0.923. The number of hydrogen-bond acceptors (Lipinski definition) is 3. The van der Waals surface area contributed by atoms with Crippen molar-refractivity contribution in [3.05, 3.63) is 0 Å². The van der Waals surface area contributed by atoms with Gasteiger partial charge < -0.3 is 10.5 Å². The molecule has 0 aromatic carbocycles. The van der Waals surface area contributed by atoms with Crippen molar-refractivity contribution in [3.8, 4) is 0 Å². The molecule has 1 spiro atoms. The summed E-state index contributed by atoms with van der Waals surface area (Å²) in [5.41, 5.74) is 5.65.